The van der Waals surface area contributed by atoms with E-state index in [0.29, 0.717) is 40.1 Å². The summed E-state index contributed by atoms with van der Waals surface area (Å²) in [7, 11) is 0. The van der Waals surface area contributed by atoms with Gasteiger partial charge in [0, 0.05) is 31.7 Å². The normalized spacial score (nSPS) is 13.5. The number of benzene rings is 4. The predicted molar refractivity (Wildman–Crippen MR) is 182 cm³/mol. The van der Waals surface area contributed by atoms with Crippen LogP contribution < -0.4 is 15.4 Å². The molecular weight excluding hydrogens is 636 g/mol. The Morgan fingerprint density at radius 2 is 1.41 bits per heavy atom. The van der Waals surface area contributed by atoms with Crippen LogP contribution in [0.15, 0.2) is 108 Å². The Morgan fingerprint density at radius 3 is 2.00 bits per heavy atom. The van der Waals surface area contributed by atoms with Crippen molar-refractivity contribution in [2.45, 2.75) is 26.0 Å². The summed E-state index contributed by atoms with van der Waals surface area (Å²) in [6, 6.07) is 33.4. The number of para-hydroxylation sites is 1. The van der Waals surface area contributed by atoms with Crippen molar-refractivity contribution < 1.29 is 14.3 Å². The SMILES string of the molecule is CC(C)Oc1ccc(C(=O)NC(=S)Nc2ccccc2C(=O)N2CCN(C(c3ccccc3)c3ccccc3)CC2)cc1Br. The lowest BCUT2D eigenvalue weighted by Crippen LogP contribution is -2.50. The molecule has 2 amide bonds. The predicted octanol–water partition coefficient (Wildman–Crippen LogP) is 6.91. The van der Waals surface area contributed by atoms with Crippen molar-refractivity contribution in [3.63, 3.8) is 0 Å². The van der Waals surface area contributed by atoms with Crippen molar-refractivity contribution in [1.29, 1.82) is 0 Å². The number of anilines is 1. The van der Waals surface area contributed by atoms with Gasteiger partial charge in [-0.2, -0.15) is 0 Å². The fourth-order valence-corrected chi connectivity index (χ4v) is 6.01. The monoisotopic (exact) mass is 670 g/mol. The largest absolute Gasteiger partial charge is 0.490 e. The van der Waals surface area contributed by atoms with E-state index in [1.165, 1.54) is 11.1 Å². The summed E-state index contributed by atoms with van der Waals surface area (Å²) in [4.78, 5) is 30.9. The molecule has 9 heteroatoms. The van der Waals surface area contributed by atoms with E-state index in [2.05, 4.69) is 80.0 Å². The average molecular weight is 672 g/mol. The molecule has 0 saturated carbocycles. The van der Waals surface area contributed by atoms with Gasteiger partial charge in [-0.05, 0) is 83.5 Å². The van der Waals surface area contributed by atoms with Crippen molar-refractivity contribution in [2.24, 2.45) is 0 Å². The summed E-state index contributed by atoms with van der Waals surface area (Å²) in [5.74, 6) is 0.203. The number of amides is 2. The van der Waals surface area contributed by atoms with Crippen molar-refractivity contribution >= 4 is 50.8 Å². The quantitative estimate of drug-likeness (QED) is 0.199. The van der Waals surface area contributed by atoms with E-state index in [0.717, 1.165) is 13.1 Å². The molecule has 1 aliphatic heterocycles. The second-order valence-electron chi connectivity index (χ2n) is 10.8. The number of thiocarbonyl (C=S) groups is 1. The zero-order valence-electron chi connectivity index (χ0n) is 24.7. The maximum atomic E-state index is 13.7. The van der Waals surface area contributed by atoms with Crippen LogP contribution in [0.25, 0.3) is 0 Å². The smallest absolute Gasteiger partial charge is 0.257 e. The van der Waals surface area contributed by atoms with Gasteiger partial charge in [0.15, 0.2) is 5.11 Å². The van der Waals surface area contributed by atoms with E-state index >= 15 is 0 Å². The van der Waals surface area contributed by atoms with Gasteiger partial charge in [-0.25, -0.2) is 0 Å². The highest BCUT2D eigenvalue weighted by atomic mass is 79.9. The Bertz CT molecular complexity index is 1570. The Kier molecular flexibility index (Phi) is 10.4. The van der Waals surface area contributed by atoms with Crippen molar-refractivity contribution in [1.82, 2.24) is 15.1 Å². The fraction of sp³-hybridized carbons (Fsp3) is 0.229. The van der Waals surface area contributed by atoms with Gasteiger partial charge in [0.2, 0.25) is 0 Å². The van der Waals surface area contributed by atoms with Gasteiger partial charge in [0.1, 0.15) is 5.75 Å². The second-order valence-corrected chi connectivity index (χ2v) is 12.1. The number of piperazine rings is 1. The van der Waals surface area contributed by atoms with Crippen LogP contribution in [-0.2, 0) is 0 Å². The topological polar surface area (TPSA) is 73.9 Å². The number of nitrogens with one attached hydrogen (secondary N) is 2. The van der Waals surface area contributed by atoms with Crippen LogP contribution in [0.3, 0.4) is 0 Å². The molecule has 1 heterocycles. The third-order valence-electron chi connectivity index (χ3n) is 7.39. The van der Waals surface area contributed by atoms with Gasteiger partial charge in [-0.15, -0.1) is 0 Å². The average Bonchev–Trinajstić information content (AvgIpc) is 3.03. The minimum absolute atomic E-state index is 0.00917. The van der Waals surface area contributed by atoms with Crippen LogP contribution in [0.4, 0.5) is 5.69 Å². The maximum absolute atomic E-state index is 13.7. The highest BCUT2D eigenvalue weighted by molar-refractivity contribution is 9.10. The van der Waals surface area contributed by atoms with Crippen LogP contribution in [0, 0.1) is 0 Å². The molecule has 0 aliphatic carbocycles. The summed E-state index contributed by atoms with van der Waals surface area (Å²) < 4.78 is 6.40. The summed E-state index contributed by atoms with van der Waals surface area (Å²) in [6.45, 7) is 6.54. The summed E-state index contributed by atoms with van der Waals surface area (Å²) in [6.07, 6.45) is 0.00917. The number of carbonyl (C=O) groups is 2. The summed E-state index contributed by atoms with van der Waals surface area (Å²) in [5, 5.41) is 5.88. The molecule has 7 nitrogen and oxygen atoms in total. The zero-order valence-corrected chi connectivity index (χ0v) is 27.1. The molecule has 226 valence electrons. The molecule has 0 radical (unpaired) electrons. The van der Waals surface area contributed by atoms with Gasteiger partial charge in [-0.1, -0.05) is 72.8 Å². The summed E-state index contributed by atoms with van der Waals surface area (Å²) >= 11 is 8.92. The van der Waals surface area contributed by atoms with Crippen LogP contribution in [0.1, 0.15) is 51.7 Å². The van der Waals surface area contributed by atoms with Crippen LogP contribution in [0.2, 0.25) is 0 Å². The number of rotatable bonds is 8. The number of hydrogen-bond acceptors (Lipinski definition) is 5. The number of nitrogens with zero attached hydrogens (tertiary/aromatic N) is 2. The molecule has 44 heavy (non-hydrogen) atoms. The first-order valence-corrected chi connectivity index (χ1v) is 15.8. The Hall–Kier alpha value is -4.05. The number of hydrogen-bond donors (Lipinski definition) is 2. The molecule has 4 aromatic rings. The molecule has 4 aromatic carbocycles. The van der Waals surface area contributed by atoms with Gasteiger partial charge >= 0.3 is 0 Å². The number of carbonyl (C=O) groups excluding carboxylic acids is 2. The van der Waals surface area contributed by atoms with Gasteiger partial charge in [0.05, 0.1) is 27.9 Å². The first-order chi connectivity index (χ1) is 21.3. The second kappa shape index (κ2) is 14.6. The highest BCUT2D eigenvalue weighted by Crippen LogP contribution is 2.30. The number of halogens is 1. The molecule has 0 atom stereocenters. The summed E-state index contributed by atoms with van der Waals surface area (Å²) in [5.41, 5.74) is 3.92. The van der Waals surface area contributed by atoms with Gasteiger partial charge in [-0.3, -0.25) is 19.8 Å². The van der Waals surface area contributed by atoms with Crippen molar-refractivity contribution in [3.8, 4) is 5.75 Å². The molecule has 1 aliphatic rings. The third-order valence-corrected chi connectivity index (χ3v) is 8.21. The molecular formula is C35H35BrN4O3S. The van der Waals surface area contributed by atoms with E-state index < -0.39 is 0 Å². The lowest BCUT2D eigenvalue weighted by atomic mass is 9.96. The standard InChI is InChI=1S/C35H35BrN4O3S/c1-24(2)43-31-18-17-27(23-29(31)36)33(41)38-35(44)37-30-16-10-9-15-28(30)34(42)40-21-19-39(20-22-40)32(25-11-5-3-6-12-25)26-13-7-4-8-14-26/h3-18,23-24,32H,19-22H2,1-2H3,(H2,37,38,41,44). The Morgan fingerprint density at radius 1 is 0.818 bits per heavy atom. The first-order valence-electron chi connectivity index (χ1n) is 14.6. The third kappa shape index (κ3) is 7.72. The molecule has 5 rings (SSSR count). The minimum Gasteiger partial charge on any atom is -0.490 e. The molecule has 1 fully saturated rings. The van der Waals surface area contributed by atoms with E-state index in [4.69, 9.17) is 17.0 Å². The van der Waals surface area contributed by atoms with Crippen molar-refractivity contribution in [2.75, 3.05) is 31.5 Å². The fourth-order valence-electron chi connectivity index (χ4n) is 5.34. The lowest BCUT2D eigenvalue weighted by Gasteiger charge is -2.40. The van der Waals surface area contributed by atoms with E-state index in [1.807, 2.05) is 43.0 Å². The van der Waals surface area contributed by atoms with Crippen LogP contribution in [0.5, 0.6) is 5.75 Å². The number of ether oxygens (including phenoxy) is 1. The molecule has 0 aromatic heterocycles. The van der Waals surface area contributed by atoms with E-state index in [-0.39, 0.29) is 29.1 Å². The zero-order chi connectivity index (χ0) is 31.1. The van der Waals surface area contributed by atoms with Crippen molar-refractivity contribution in [3.05, 3.63) is 130 Å². The van der Waals surface area contributed by atoms with Crippen LogP contribution in [-0.4, -0.2) is 59.0 Å². The Labute approximate surface area is 272 Å². The maximum Gasteiger partial charge on any atom is 0.257 e. The molecule has 1 saturated heterocycles. The van der Waals surface area contributed by atoms with E-state index in [1.54, 1.807) is 30.3 Å². The molecule has 0 bridgehead atoms. The van der Waals surface area contributed by atoms with Gasteiger partial charge in [0.25, 0.3) is 11.8 Å². The van der Waals surface area contributed by atoms with E-state index in [9.17, 15) is 9.59 Å². The lowest BCUT2D eigenvalue weighted by molar-refractivity contribution is 0.0598. The molecule has 0 spiro atoms. The van der Waals surface area contributed by atoms with Gasteiger partial charge < -0.3 is 15.0 Å². The highest BCUT2D eigenvalue weighted by Gasteiger charge is 2.29. The van der Waals surface area contributed by atoms with Crippen LogP contribution >= 0.6 is 28.1 Å². The Balaban J connectivity index is 1.23. The molecule has 2 N–H and O–H groups in total. The minimum atomic E-state index is -0.370. The first kappa shape index (κ1) is 31.4. The molecule has 0 unspecified atom stereocenters.